The maximum absolute atomic E-state index is 9.45. The molecule has 0 spiro atoms. The molecule has 2 unspecified atom stereocenters. The topological polar surface area (TPSA) is 63.0 Å². The Morgan fingerprint density at radius 2 is 1.96 bits per heavy atom. The van der Waals surface area contributed by atoms with E-state index in [0.29, 0.717) is 17.7 Å². The van der Waals surface area contributed by atoms with E-state index < -0.39 is 0 Å². The summed E-state index contributed by atoms with van der Waals surface area (Å²) in [5.41, 5.74) is 2.31. The molecule has 0 amide bonds. The molecular weight excluding hydrogens is 288 g/mol. The summed E-state index contributed by atoms with van der Waals surface area (Å²) >= 11 is 0. The molecule has 0 bridgehead atoms. The van der Waals surface area contributed by atoms with Gasteiger partial charge in [0, 0.05) is 19.3 Å². The lowest BCUT2D eigenvalue weighted by Gasteiger charge is -2.15. The molecule has 2 N–H and O–H groups in total. The first-order chi connectivity index (χ1) is 11.3. The van der Waals surface area contributed by atoms with Crippen molar-refractivity contribution in [2.45, 2.75) is 31.2 Å². The third-order valence-corrected chi connectivity index (χ3v) is 4.91. The SMILES string of the molecule is CNc1ncnc2c1ccn2C1CCC(c2ccc(O)cc2)C1. The average Bonchev–Trinajstić information content (AvgIpc) is 3.21. The third-order valence-electron chi connectivity index (χ3n) is 4.91. The molecule has 1 aliphatic carbocycles. The molecule has 118 valence electrons. The second-order valence-electron chi connectivity index (χ2n) is 6.19. The molecule has 3 aromatic rings. The highest BCUT2D eigenvalue weighted by Crippen LogP contribution is 2.42. The fraction of sp³-hybridized carbons (Fsp3) is 0.333. The van der Waals surface area contributed by atoms with Crippen LogP contribution >= 0.6 is 0 Å². The predicted molar refractivity (Wildman–Crippen MR) is 90.8 cm³/mol. The van der Waals surface area contributed by atoms with E-state index in [-0.39, 0.29) is 0 Å². The summed E-state index contributed by atoms with van der Waals surface area (Å²) in [4.78, 5) is 8.76. The lowest BCUT2D eigenvalue weighted by Crippen LogP contribution is -2.05. The molecule has 1 fully saturated rings. The number of hydrogen-bond acceptors (Lipinski definition) is 4. The maximum atomic E-state index is 9.45. The number of hydrogen-bond donors (Lipinski definition) is 2. The standard InChI is InChI=1S/C18H20N4O/c1-19-17-16-8-9-22(18(16)21-11-20-17)14-5-2-13(10-14)12-3-6-15(23)7-4-12/h3-4,6-9,11,13-14,23H,2,5,10H2,1H3,(H,19,20,21). The van der Waals surface area contributed by atoms with E-state index in [1.165, 1.54) is 12.0 Å². The largest absolute Gasteiger partial charge is 0.508 e. The summed E-state index contributed by atoms with van der Waals surface area (Å²) in [6.45, 7) is 0. The first kappa shape index (κ1) is 14.1. The first-order valence-electron chi connectivity index (χ1n) is 8.04. The smallest absolute Gasteiger partial charge is 0.145 e. The normalized spacial score (nSPS) is 20.9. The molecule has 0 saturated heterocycles. The van der Waals surface area contributed by atoms with Crippen molar-refractivity contribution in [3.05, 3.63) is 48.4 Å². The van der Waals surface area contributed by atoms with E-state index in [1.54, 1.807) is 18.5 Å². The number of rotatable bonds is 3. The summed E-state index contributed by atoms with van der Waals surface area (Å²) in [5.74, 6) is 1.75. The summed E-state index contributed by atoms with van der Waals surface area (Å²) in [7, 11) is 1.88. The Morgan fingerprint density at radius 3 is 2.74 bits per heavy atom. The summed E-state index contributed by atoms with van der Waals surface area (Å²) < 4.78 is 2.29. The van der Waals surface area contributed by atoms with Crippen LogP contribution in [0.1, 0.15) is 36.8 Å². The third kappa shape index (κ3) is 2.42. The predicted octanol–water partition coefficient (Wildman–Crippen LogP) is 3.69. The number of phenols is 1. The van der Waals surface area contributed by atoms with Crippen LogP contribution in [0.25, 0.3) is 11.0 Å². The zero-order chi connectivity index (χ0) is 15.8. The van der Waals surface area contributed by atoms with Gasteiger partial charge in [-0.3, -0.25) is 0 Å². The first-order valence-corrected chi connectivity index (χ1v) is 8.04. The highest BCUT2D eigenvalue weighted by molar-refractivity contribution is 5.87. The fourth-order valence-corrected chi connectivity index (χ4v) is 3.72. The molecule has 1 saturated carbocycles. The van der Waals surface area contributed by atoms with Gasteiger partial charge in [0.05, 0.1) is 5.39 Å². The Hall–Kier alpha value is -2.56. The van der Waals surface area contributed by atoms with Crippen LogP contribution in [0.3, 0.4) is 0 Å². The van der Waals surface area contributed by atoms with Gasteiger partial charge >= 0.3 is 0 Å². The minimum atomic E-state index is 0.330. The quantitative estimate of drug-likeness (QED) is 0.774. The number of benzene rings is 1. The van der Waals surface area contributed by atoms with Crippen molar-refractivity contribution >= 4 is 16.9 Å². The van der Waals surface area contributed by atoms with Crippen molar-refractivity contribution in [3.63, 3.8) is 0 Å². The molecule has 0 radical (unpaired) electrons. The van der Waals surface area contributed by atoms with Crippen LogP contribution in [0.15, 0.2) is 42.9 Å². The molecule has 2 atom stereocenters. The van der Waals surface area contributed by atoms with E-state index in [4.69, 9.17) is 0 Å². The van der Waals surface area contributed by atoms with Gasteiger partial charge in [-0.05, 0) is 48.9 Å². The van der Waals surface area contributed by atoms with Gasteiger partial charge in [0.25, 0.3) is 0 Å². The van der Waals surface area contributed by atoms with Crippen LogP contribution < -0.4 is 5.32 Å². The molecule has 5 heteroatoms. The Bertz CT molecular complexity index is 825. The second-order valence-corrected chi connectivity index (χ2v) is 6.19. The van der Waals surface area contributed by atoms with E-state index in [2.05, 4.69) is 32.1 Å². The van der Waals surface area contributed by atoms with Crippen LogP contribution in [-0.4, -0.2) is 26.7 Å². The maximum Gasteiger partial charge on any atom is 0.145 e. The minimum absolute atomic E-state index is 0.330. The number of phenolic OH excluding ortho intramolecular Hbond substituents is 1. The van der Waals surface area contributed by atoms with E-state index in [9.17, 15) is 5.11 Å². The number of aromatic nitrogens is 3. The van der Waals surface area contributed by atoms with Gasteiger partial charge in [0.15, 0.2) is 0 Å². The molecular formula is C18H20N4O. The lowest BCUT2D eigenvalue weighted by molar-refractivity contribution is 0.474. The number of aromatic hydroxyl groups is 1. The van der Waals surface area contributed by atoms with Crippen molar-refractivity contribution < 1.29 is 5.11 Å². The zero-order valence-corrected chi connectivity index (χ0v) is 13.1. The van der Waals surface area contributed by atoms with Crippen LogP contribution in [0.2, 0.25) is 0 Å². The molecule has 5 nitrogen and oxygen atoms in total. The number of anilines is 1. The van der Waals surface area contributed by atoms with E-state index >= 15 is 0 Å². The number of nitrogens with zero attached hydrogens (tertiary/aromatic N) is 3. The minimum Gasteiger partial charge on any atom is -0.508 e. The Kier molecular flexibility index (Phi) is 3.41. The summed E-state index contributed by atoms with van der Waals surface area (Å²) in [6, 6.07) is 10.2. The summed E-state index contributed by atoms with van der Waals surface area (Å²) in [6.07, 6.45) is 7.17. The Labute approximate surface area is 135 Å². The molecule has 1 aliphatic rings. The molecule has 2 heterocycles. The van der Waals surface area contributed by atoms with E-state index in [0.717, 1.165) is 29.7 Å². The average molecular weight is 308 g/mol. The van der Waals surface area contributed by atoms with Crippen molar-refractivity contribution in [1.82, 2.24) is 14.5 Å². The van der Waals surface area contributed by atoms with Gasteiger partial charge < -0.3 is 15.0 Å². The highest BCUT2D eigenvalue weighted by atomic mass is 16.3. The number of nitrogens with one attached hydrogen (secondary N) is 1. The van der Waals surface area contributed by atoms with Gasteiger partial charge in [-0.1, -0.05) is 12.1 Å². The highest BCUT2D eigenvalue weighted by Gasteiger charge is 2.28. The molecule has 0 aliphatic heterocycles. The second kappa shape index (κ2) is 5.57. The van der Waals surface area contributed by atoms with Crippen LogP contribution in [0, 0.1) is 0 Å². The van der Waals surface area contributed by atoms with Gasteiger partial charge in [-0.15, -0.1) is 0 Å². The molecule has 23 heavy (non-hydrogen) atoms. The Morgan fingerprint density at radius 1 is 1.13 bits per heavy atom. The summed E-state index contributed by atoms with van der Waals surface area (Å²) in [5, 5.41) is 13.6. The molecule has 4 rings (SSSR count). The fourth-order valence-electron chi connectivity index (χ4n) is 3.72. The molecule has 2 aromatic heterocycles. The Balaban J connectivity index is 1.61. The zero-order valence-electron chi connectivity index (χ0n) is 13.1. The molecule has 1 aromatic carbocycles. The van der Waals surface area contributed by atoms with Crippen molar-refractivity contribution in [2.75, 3.05) is 12.4 Å². The van der Waals surface area contributed by atoms with Crippen LogP contribution in [-0.2, 0) is 0 Å². The van der Waals surface area contributed by atoms with Crippen LogP contribution in [0.4, 0.5) is 5.82 Å². The van der Waals surface area contributed by atoms with Gasteiger partial charge in [-0.2, -0.15) is 0 Å². The number of fused-ring (bicyclic) bond motifs is 1. The van der Waals surface area contributed by atoms with Crippen molar-refractivity contribution in [3.8, 4) is 5.75 Å². The van der Waals surface area contributed by atoms with Crippen molar-refractivity contribution in [2.24, 2.45) is 0 Å². The lowest BCUT2D eigenvalue weighted by atomic mass is 9.97. The van der Waals surface area contributed by atoms with Crippen molar-refractivity contribution in [1.29, 1.82) is 0 Å². The van der Waals surface area contributed by atoms with Gasteiger partial charge in [0.2, 0.25) is 0 Å². The monoisotopic (exact) mass is 308 g/mol. The van der Waals surface area contributed by atoms with Gasteiger partial charge in [0.1, 0.15) is 23.5 Å². The van der Waals surface area contributed by atoms with Crippen LogP contribution in [0.5, 0.6) is 5.75 Å². The van der Waals surface area contributed by atoms with E-state index in [1.807, 2.05) is 19.2 Å². The van der Waals surface area contributed by atoms with Gasteiger partial charge in [-0.25, -0.2) is 9.97 Å².